The van der Waals surface area contributed by atoms with Gasteiger partial charge < -0.3 is 45.4 Å². The summed E-state index contributed by atoms with van der Waals surface area (Å²) in [5.41, 5.74) is 14.8. The molecule has 0 unspecified atom stereocenters. The zero-order valence-electron chi connectivity index (χ0n) is 44.1. The number of carbonyl (C=O) groups is 2. The van der Waals surface area contributed by atoms with Crippen LogP contribution in [-0.2, 0) is 39.0 Å². The predicted octanol–water partition coefficient (Wildman–Crippen LogP) is 10.1. The zero-order chi connectivity index (χ0) is 56.4. The van der Waals surface area contributed by atoms with E-state index in [1.807, 2.05) is 72.8 Å². The number of carboxylic acids is 2. The molecule has 0 spiro atoms. The van der Waals surface area contributed by atoms with E-state index >= 15 is 0 Å². The number of aromatic hydroxyl groups is 1. The fraction of sp³-hybridized carbons (Fsp3) is 0.0656. The van der Waals surface area contributed by atoms with Crippen molar-refractivity contribution in [3.05, 3.63) is 241 Å². The van der Waals surface area contributed by atoms with E-state index in [4.69, 9.17) is 10.2 Å². The Hall–Kier alpha value is -9.64. The molecule has 10 heterocycles. The molecule has 12 aromatic rings. The monoisotopic (exact) mass is 1270 g/mol. The van der Waals surface area contributed by atoms with Crippen molar-refractivity contribution >= 4 is 34.0 Å². The SMILES string of the molecule is Cc1cc2nc(-c3nc4cc(C)c(C)cc4[n-]3)[n-]c2cc1C.O=C(O)c1ccnc(-c2cc(O)ccn2)c1.O=C(O)c1ccnc(-c2cc([CH-][OH+][O-])ccn2)c1.[Ru+].[Ru+].c1ccc(-c2ccccn2)nc1.c1ccc(-c2ccccn2)nc1. The minimum absolute atomic E-state index is 0. The number of rotatable bonds is 9. The number of aliphatic hydroxyl groups is 1. The Morgan fingerprint density at radius 1 is 0.427 bits per heavy atom. The summed E-state index contributed by atoms with van der Waals surface area (Å²) >= 11 is 0. The molecule has 10 aromatic heterocycles. The molecule has 0 aliphatic carbocycles. The molecule has 0 saturated carbocycles. The van der Waals surface area contributed by atoms with Crippen LogP contribution in [0.3, 0.4) is 0 Å². The Morgan fingerprint density at radius 2 is 0.768 bits per heavy atom. The van der Waals surface area contributed by atoms with Gasteiger partial charge in [0, 0.05) is 55.1 Å². The van der Waals surface area contributed by atoms with E-state index in [9.17, 15) is 20.0 Å². The maximum Gasteiger partial charge on any atom is 1.00 e. The summed E-state index contributed by atoms with van der Waals surface area (Å²) in [4.78, 5) is 75.5. The number of pyridine rings is 8. The summed E-state index contributed by atoms with van der Waals surface area (Å²) in [6.07, 6.45) is 12.8. The molecule has 2 aromatic carbocycles. The summed E-state index contributed by atoms with van der Waals surface area (Å²) in [7, 11) is 0. The van der Waals surface area contributed by atoms with E-state index in [1.54, 1.807) is 36.9 Å². The zero-order valence-corrected chi connectivity index (χ0v) is 47.6. The van der Waals surface area contributed by atoms with Gasteiger partial charge in [0.25, 0.3) is 0 Å². The van der Waals surface area contributed by atoms with Gasteiger partial charge in [0.15, 0.2) is 0 Å². The first-order valence-electron chi connectivity index (χ1n) is 24.5. The fourth-order valence-electron chi connectivity index (χ4n) is 7.39. The van der Waals surface area contributed by atoms with Crippen LogP contribution in [0.2, 0.25) is 0 Å². The average molecular weight is 1260 g/mol. The number of aromatic carboxylic acids is 2. The number of hydrogen-bond donors (Lipinski definition) is 3. The smallest absolute Gasteiger partial charge is 0.542 e. The van der Waals surface area contributed by atoms with Gasteiger partial charge in [-0.15, -0.1) is 17.7 Å². The Morgan fingerprint density at radius 3 is 1.12 bits per heavy atom. The molecule has 0 saturated heterocycles. The largest absolute Gasteiger partial charge is 1.00 e. The van der Waals surface area contributed by atoms with Gasteiger partial charge in [0.1, 0.15) is 5.75 Å². The summed E-state index contributed by atoms with van der Waals surface area (Å²) in [5.74, 6) is -0.787. The maximum absolute atomic E-state index is 10.8. The Labute approximate surface area is 496 Å². The van der Waals surface area contributed by atoms with Crippen molar-refractivity contribution in [3.8, 4) is 62.9 Å². The summed E-state index contributed by atoms with van der Waals surface area (Å²) in [5, 5.41) is 37.1. The molecule has 0 aliphatic heterocycles. The summed E-state index contributed by atoms with van der Waals surface area (Å²) in [6, 6.07) is 43.2. The maximum atomic E-state index is 10.8. The number of aryl methyl sites for hydroxylation is 4. The van der Waals surface area contributed by atoms with Crippen LogP contribution in [0.25, 0.3) is 79.3 Å². The van der Waals surface area contributed by atoms with Gasteiger partial charge >= 0.3 is 50.9 Å². The molecule has 21 heteroatoms. The molecule has 82 heavy (non-hydrogen) atoms. The summed E-state index contributed by atoms with van der Waals surface area (Å²) in [6.45, 7) is 9.49. The fourth-order valence-corrected chi connectivity index (χ4v) is 7.39. The molecule has 0 fully saturated rings. The van der Waals surface area contributed by atoms with E-state index in [0.717, 1.165) is 51.4 Å². The molecule has 0 atom stereocenters. The number of nitrogens with zero attached hydrogens (tertiary/aromatic N) is 12. The van der Waals surface area contributed by atoms with Gasteiger partial charge in [-0.1, -0.05) is 60.2 Å². The van der Waals surface area contributed by atoms with Crippen LogP contribution in [0.5, 0.6) is 5.75 Å². The number of carboxylic acid groups (broad SMARTS) is 2. The minimum Gasteiger partial charge on any atom is -0.542 e. The Kier molecular flexibility index (Phi) is 22.6. The second-order valence-electron chi connectivity index (χ2n) is 17.4. The Balaban J connectivity index is 0.000000167. The number of hydrogen-bond acceptors (Lipinski definition) is 14. The van der Waals surface area contributed by atoms with Crippen molar-refractivity contribution in [2.45, 2.75) is 27.7 Å². The minimum atomic E-state index is -1.03. The van der Waals surface area contributed by atoms with Crippen molar-refractivity contribution in [3.63, 3.8) is 0 Å². The van der Waals surface area contributed by atoms with Gasteiger partial charge in [-0.2, -0.15) is 0 Å². The molecule has 4 N–H and O–H groups in total. The van der Waals surface area contributed by atoms with Gasteiger partial charge in [0.05, 0.1) is 57.6 Å². The third-order valence-corrected chi connectivity index (χ3v) is 11.7. The number of imidazole rings is 2. The van der Waals surface area contributed by atoms with Crippen molar-refractivity contribution in [2.75, 3.05) is 0 Å². The van der Waals surface area contributed by atoms with Gasteiger partial charge in [-0.05, 0) is 157 Å². The molecular weight excluding hydrogens is 1210 g/mol. The average Bonchev–Trinajstić information content (AvgIpc) is 4.34. The van der Waals surface area contributed by atoms with E-state index in [2.05, 4.69) is 117 Å². The van der Waals surface area contributed by atoms with E-state index in [-0.39, 0.29) is 55.8 Å². The van der Waals surface area contributed by atoms with E-state index in [0.29, 0.717) is 40.0 Å². The van der Waals surface area contributed by atoms with Crippen LogP contribution in [-0.4, -0.2) is 82.0 Å². The van der Waals surface area contributed by atoms with Crippen LogP contribution < -0.4 is 15.2 Å². The molecular formula is C61H49N12O7Ru2-. The van der Waals surface area contributed by atoms with Crippen LogP contribution in [0.4, 0.5) is 0 Å². The molecule has 2 radical (unpaired) electrons. The van der Waals surface area contributed by atoms with Crippen molar-refractivity contribution < 1.29 is 74.0 Å². The van der Waals surface area contributed by atoms with Crippen LogP contribution >= 0.6 is 0 Å². The topological polar surface area (TPSA) is 288 Å². The molecule has 0 bridgehead atoms. The first-order chi connectivity index (χ1) is 38.8. The van der Waals surface area contributed by atoms with E-state index in [1.165, 1.54) is 83.4 Å². The Bertz CT molecular complexity index is 3700. The van der Waals surface area contributed by atoms with Crippen LogP contribution in [0.1, 0.15) is 48.5 Å². The second-order valence-corrected chi connectivity index (χ2v) is 17.4. The van der Waals surface area contributed by atoms with Crippen molar-refractivity contribution in [2.24, 2.45) is 0 Å². The van der Waals surface area contributed by atoms with Crippen molar-refractivity contribution in [1.29, 1.82) is 0 Å². The third-order valence-electron chi connectivity index (χ3n) is 11.7. The molecule has 19 nitrogen and oxygen atoms in total. The number of aromatic nitrogens is 12. The standard InChI is InChI=1S/C18H16N4.C12H9N2O4.C11H8N2O3.2C10H8N2.2Ru/c1-9-5-13-14(6-10(9)2)20-17(19-13)18-21-15-7-11(3)12(4)8-16(15)22-18;15-12(16)9-2-4-14-11(6-9)10-5-8(7-18-17)1-3-13-10;14-8-2-4-13-10(6-8)9-5-7(11(15)16)1-3-12-9;2*1-3-7-11-9(5-1)10-6-2-4-8-12-10;;/h5-8H,1-4H3;1-7,18H,(H,15,16);1-6H,(H,13,14)(H,15,16);2*1-8H;;/q-2;-1;;;;2*+1. The van der Waals surface area contributed by atoms with E-state index < -0.39 is 11.9 Å². The number of fused-ring (bicyclic) bond motifs is 2. The second kappa shape index (κ2) is 30.1. The van der Waals surface area contributed by atoms with Gasteiger partial charge in [-0.25, -0.2) is 9.59 Å². The molecule has 412 valence electrons. The quantitative estimate of drug-likeness (QED) is 0.0398. The van der Waals surface area contributed by atoms with Crippen molar-refractivity contribution in [1.82, 2.24) is 59.8 Å². The molecule has 12 rings (SSSR count). The predicted molar refractivity (Wildman–Crippen MR) is 300 cm³/mol. The third kappa shape index (κ3) is 16.9. The van der Waals surface area contributed by atoms with Crippen LogP contribution in [0.15, 0.2) is 195 Å². The van der Waals surface area contributed by atoms with Gasteiger partial charge in [0.2, 0.25) is 0 Å². The van der Waals surface area contributed by atoms with Gasteiger partial charge in [-0.3, -0.25) is 39.9 Å². The molecule has 0 aliphatic rings. The normalized spacial score (nSPS) is 10.1. The van der Waals surface area contributed by atoms with Crippen LogP contribution in [0, 0.1) is 34.3 Å². The first kappa shape index (κ1) is 61.6. The first-order valence-corrected chi connectivity index (χ1v) is 24.5. The summed E-state index contributed by atoms with van der Waals surface area (Å²) < 4.78 is 0. The molecule has 0 amide bonds. The number of benzene rings is 2.